The van der Waals surface area contributed by atoms with Gasteiger partial charge in [0.25, 0.3) is 0 Å². The second-order valence-corrected chi connectivity index (χ2v) is 5.73. The molecule has 9 heteroatoms. The van der Waals surface area contributed by atoms with Crippen LogP contribution in [-0.2, 0) is 9.59 Å². The van der Waals surface area contributed by atoms with Crippen LogP contribution in [0.15, 0.2) is 24.3 Å². The van der Waals surface area contributed by atoms with Crippen LogP contribution >= 0.6 is 0 Å². The highest BCUT2D eigenvalue weighted by atomic mass is 19.4. The van der Waals surface area contributed by atoms with E-state index in [0.717, 1.165) is 17.0 Å². The van der Waals surface area contributed by atoms with E-state index in [4.69, 9.17) is 5.11 Å². The Labute approximate surface area is 134 Å². The molecule has 0 unspecified atom stereocenters. The van der Waals surface area contributed by atoms with Gasteiger partial charge in [-0.3, -0.25) is 9.59 Å². The molecule has 2 rings (SSSR count). The van der Waals surface area contributed by atoms with Gasteiger partial charge in [-0.05, 0) is 24.1 Å². The van der Waals surface area contributed by atoms with Crippen LogP contribution in [0, 0.1) is 11.2 Å². The molecular formula is C15H15F4NO4. The summed E-state index contributed by atoms with van der Waals surface area (Å²) in [5.41, 5.74) is -2.88. The zero-order valence-corrected chi connectivity index (χ0v) is 12.4. The minimum absolute atomic E-state index is 0.114. The van der Waals surface area contributed by atoms with Crippen LogP contribution in [0.1, 0.15) is 24.5 Å². The Kier molecular flexibility index (Phi) is 4.84. The van der Waals surface area contributed by atoms with Gasteiger partial charge in [0.1, 0.15) is 5.82 Å². The predicted octanol–water partition coefficient (Wildman–Crippen LogP) is 2.11. The van der Waals surface area contributed by atoms with Crippen LogP contribution in [-0.4, -0.2) is 46.3 Å². The second kappa shape index (κ2) is 6.39. The SMILES string of the molecule is O=C(C[C@H](O)c1cccc(F)c1)N1CC[C@](C(=O)O)(C(F)(F)F)C1. The minimum Gasteiger partial charge on any atom is -0.481 e. The first-order chi connectivity index (χ1) is 11.1. The van der Waals surface area contributed by atoms with Crippen molar-refractivity contribution in [2.75, 3.05) is 13.1 Å². The standard InChI is InChI=1S/C15H15F4NO4/c16-10-3-1-2-9(6-10)11(21)7-12(22)20-5-4-14(8-20,13(23)24)15(17,18)19/h1-3,6,11,21H,4-5,7-8H2,(H,23,24)/t11-,14-/m0/s1. The summed E-state index contributed by atoms with van der Waals surface area (Å²) in [6.07, 6.45) is -7.68. The maximum absolute atomic E-state index is 13.1. The van der Waals surface area contributed by atoms with Gasteiger partial charge in [-0.25, -0.2) is 4.39 Å². The van der Waals surface area contributed by atoms with Gasteiger partial charge in [0.05, 0.1) is 12.5 Å². The number of amides is 1. The Hall–Kier alpha value is -2.16. The van der Waals surface area contributed by atoms with Gasteiger partial charge in [0, 0.05) is 13.1 Å². The van der Waals surface area contributed by atoms with Crippen molar-refractivity contribution in [3.8, 4) is 0 Å². The van der Waals surface area contributed by atoms with Gasteiger partial charge in [0.15, 0.2) is 5.41 Å². The fourth-order valence-corrected chi connectivity index (χ4v) is 2.68. The molecule has 0 radical (unpaired) electrons. The molecule has 1 aromatic rings. The molecule has 1 aromatic carbocycles. The van der Waals surface area contributed by atoms with Crippen molar-refractivity contribution in [2.45, 2.75) is 25.1 Å². The highest BCUT2D eigenvalue weighted by Gasteiger charge is 2.64. The molecule has 0 aromatic heterocycles. The fourth-order valence-electron chi connectivity index (χ4n) is 2.68. The summed E-state index contributed by atoms with van der Waals surface area (Å²) in [4.78, 5) is 23.9. The van der Waals surface area contributed by atoms with Gasteiger partial charge in [-0.2, -0.15) is 13.2 Å². The molecule has 1 saturated heterocycles. The monoisotopic (exact) mass is 349 g/mol. The highest BCUT2D eigenvalue weighted by Crippen LogP contribution is 2.46. The summed E-state index contributed by atoms with van der Waals surface area (Å²) in [5, 5.41) is 18.9. The number of rotatable bonds is 4. The number of hydrogen-bond donors (Lipinski definition) is 2. The lowest BCUT2D eigenvalue weighted by Gasteiger charge is -2.27. The van der Waals surface area contributed by atoms with Gasteiger partial charge < -0.3 is 15.1 Å². The van der Waals surface area contributed by atoms with Crippen LogP contribution in [0.4, 0.5) is 17.6 Å². The fraction of sp³-hybridized carbons (Fsp3) is 0.467. The number of alkyl halides is 3. The van der Waals surface area contributed by atoms with Gasteiger partial charge in [-0.1, -0.05) is 12.1 Å². The lowest BCUT2D eigenvalue weighted by Crippen LogP contribution is -2.47. The Morgan fingerprint density at radius 2 is 2.00 bits per heavy atom. The number of halogens is 4. The first-order valence-electron chi connectivity index (χ1n) is 7.08. The van der Waals surface area contributed by atoms with Gasteiger partial charge in [0.2, 0.25) is 5.91 Å². The van der Waals surface area contributed by atoms with Crippen LogP contribution in [0.2, 0.25) is 0 Å². The third-order valence-electron chi connectivity index (χ3n) is 4.18. The van der Waals surface area contributed by atoms with Crippen molar-refractivity contribution in [2.24, 2.45) is 5.41 Å². The number of aliphatic hydroxyl groups excluding tert-OH is 1. The third-order valence-corrected chi connectivity index (χ3v) is 4.18. The lowest BCUT2D eigenvalue weighted by atomic mass is 9.86. The van der Waals surface area contributed by atoms with Gasteiger partial charge in [-0.15, -0.1) is 0 Å². The summed E-state index contributed by atoms with van der Waals surface area (Å²) >= 11 is 0. The lowest BCUT2D eigenvalue weighted by molar-refractivity contribution is -0.227. The number of aliphatic carboxylic acids is 1. The molecule has 1 aliphatic heterocycles. The minimum atomic E-state index is -4.99. The van der Waals surface area contributed by atoms with Crippen LogP contribution in [0.5, 0.6) is 0 Å². The molecule has 1 aliphatic rings. The van der Waals surface area contributed by atoms with Crippen LogP contribution < -0.4 is 0 Å². The van der Waals surface area contributed by atoms with E-state index in [0.29, 0.717) is 0 Å². The number of carbonyl (C=O) groups excluding carboxylic acids is 1. The summed E-state index contributed by atoms with van der Waals surface area (Å²) in [5.74, 6) is -3.47. The summed E-state index contributed by atoms with van der Waals surface area (Å²) < 4.78 is 52.3. The van der Waals surface area contributed by atoms with E-state index in [1.807, 2.05) is 0 Å². The van der Waals surface area contributed by atoms with E-state index in [9.17, 15) is 32.3 Å². The number of aliphatic hydroxyl groups is 1. The van der Waals surface area contributed by atoms with E-state index < -0.39 is 54.8 Å². The van der Waals surface area contributed by atoms with E-state index >= 15 is 0 Å². The molecule has 2 atom stereocenters. The average Bonchev–Trinajstić information content (AvgIpc) is 2.93. The Bertz CT molecular complexity index is 649. The van der Waals surface area contributed by atoms with Crippen molar-refractivity contribution in [1.29, 1.82) is 0 Å². The smallest absolute Gasteiger partial charge is 0.406 e. The van der Waals surface area contributed by atoms with Crippen molar-refractivity contribution in [3.05, 3.63) is 35.6 Å². The number of carboxylic acid groups (broad SMARTS) is 1. The van der Waals surface area contributed by atoms with Crippen molar-refractivity contribution in [3.63, 3.8) is 0 Å². The number of likely N-dealkylation sites (tertiary alicyclic amines) is 1. The van der Waals surface area contributed by atoms with E-state index in [-0.39, 0.29) is 12.1 Å². The number of benzene rings is 1. The second-order valence-electron chi connectivity index (χ2n) is 5.73. The molecule has 0 bridgehead atoms. The first-order valence-corrected chi connectivity index (χ1v) is 7.08. The van der Waals surface area contributed by atoms with E-state index in [1.165, 1.54) is 12.1 Å². The first kappa shape index (κ1) is 18.2. The summed E-state index contributed by atoms with van der Waals surface area (Å²) in [7, 11) is 0. The maximum atomic E-state index is 13.1. The molecule has 1 heterocycles. The zero-order chi connectivity index (χ0) is 18.1. The summed E-state index contributed by atoms with van der Waals surface area (Å²) in [6, 6.07) is 4.86. The largest absolute Gasteiger partial charge is 0.481 e. The number of carbonyl (C=O) groups is 2. The molecule has 5 nitrogen and oxygen atoms in total. The third kappa shape index (κ3) is 3.35. The molecule has 24 heavy (non-hydrogen) atoms. The molecule has 0 saturated carbocycles. The van der Waals surface area contributed by atoms with E-state index in [1.54, 1.807) is 0 Å². The molecule has 1 amide bonds. The van der Waals surface area contributed by atoms with Crippen molar-refractivity contribution >= 4 is 11.9 Å². The molecule has 1 fully saturated rings. The Morgan fingerprint density at radius 1 is 1.33 bits per heavy atom. The number of carboxylic acids is 1. The molecule has 0 aliphatic carbocycles. The molecule has 132 valence electrons. The van der Waals surface area contributed by atoms with E-state index in [2.05, 4.69) is 0 Å². The zero-order valence-electron chi connectivity index (χ0n) is 12.4. The van der Waals surface area contributed by atoms with Crippen LogP contribution in [0.3, 0.4) is 0 Å². The Morgan fingerprint density at radius 3 is 2.50 bits per heavy atom. The quantitative estimate of drug-likeness (QED) is 0.817. The number of hydrogen-bond acceptors (Lipinski definition) is 3. The molecular weight excluding hydrogens is 334 g/mol. The van der Waals surface area contributed by atoms with Crippen molar-refractivity contribution in [1.82, 2.24) is 4.90 Å². The topological polar surface area (TPSA) is 77.8 Å². The Balaban J connectivity index is 2.08. The molecule has 2 N–H and O–H groups in total. The predicted molar refractivity (Wildman–Crippen MR) is 73.3 cm³/mol. The number of nitrogens with zero attached hydrogens (tertiary/aromatic N) is 1. The summed E-state index contributed by atoms with van der Waals surface area (Å²) in [6.45, 7) is -1.37. The van der Waals surface area contributed by atoms with Gasteiger partial charge >= 0.3 is 12.1 Å². The highest BCUT2D eigenvalue weighted by molar-refractivity contribution is 5.81. The maximum Gasteiger partial charge on any atom is 0.406 e. The average molecular weight is 349 g/mol. The normalized spacial score (nSPS) is 22.5. The molecule has 0 spiro atoms. The van der Waals surface area contributed by atoms with Crippen molar-refractivity contribution < 1.29 is 37.4 Å². The van der Waals surface area contributed by atoms with Crippen LogP contribution in [0.25, 0.3) is 0 Å².